The Morgan fingerprint density at radius 1 is 1.35 bits per heavy atom. The van der Waals surface area contributed by atoms with E-state index in [1.54, 1.807) is 30.7 Å². The van der Waals surface area contributed by atoms with Crippen molar-refractivity contribution in [3.05, 3.63) is 58.9 Å². The van der Waals surface area contributed by atoms with E-state index in [9.17, 15) is 4.39 Å². The highest BCUT2D eigenvalue weighted by molar-refractivity contribution is 6.30. The van der Waals surface area contributed by atoms with Crippen LogP contribution in [0.4, 0.5) is 4.39 Å². The molecule has 0 saturated heterocycles. The fraction of sp³-hybridized carbons (Fsp3) is 0.167. The number of hydrogen-bond acceptors (Lipinski definition) is 3. The van der Waals surface area contributed by atoms with Crippen molar-refractivity contribution in [3.8, 4) is 0 Å². The minimum absolute atomic E-state index is 0.105. The minimum Gasteiger partial charge on any atom is -0.322 e. The van der Waals surface area contributed by atoms with Crippen LogP contribution in [0.3, 0.4) is 0 Å². The van der Waals surface area contributed by atoms with Crippen LogP contribution in [0.25, 0.3) is 0 Å². The number of benzene rings is 1. The molecule has 0 saturated carbocycles. The number of halogens is 2. The molecule has 1 aromatic carbocycles. The molecule has 1 atom stereocenters. The maximum absolute atomic E-state index is 13.0. The minimum atomic E-state index is -0.427. The summed E-state index contributed by atoms with van der Waals surface area (Å²) >= 11 is 5.70. The maximum Gasteiger partial charge on any atom is 0.141 e. The van der Waals surface area contributed by atoms with Crippen LogP contribution in [-0.4, -0.2) is 9.97 Å². The van der Waals surface area contributed by atoms with Crippen LogP contribution in [0.15, 0.2) is 36.8 Å². The summed E-state index contributed by atoms with van der Waals surface area (Å²) in [4.78, 5) is 8.07. The van der Waals surface area contributed by atoms with Crippen LogP contribution in [0, 0.1) is 5.82 Å². The lowest BCUT2D eigenvalue weighted by molar-refractivity contribution is 0.625. The van der Waals surface area contributed by atoms with Gasteiger partial charge in [-0.15, -0.1) is 0 Å². The number of nitrogens with zero attached hydrogens (tertiary/aromatic N) is 2. The molecule has 0 spiro atoms. The normalized spacial score (nSPS) is 12.4. The van der Waals surface area contributed by atoms with Crippen molar-refractivity contribution in [1.29, 1.82) is 0 Å². The molecule has 0 amide bonds. The second kappa shape index (κ2) is 5.21. The Labute approximate surface area is 103 Å². The van der Waals surface area contributed by atoms with Crippen LogP contribution < -0.4 is 5.73 Å². The second-order valence-corrected chi connectivity index (χ2v) is 4.10. The summed E-state index contributed by atoms with van der Waals surface area (Å²) in [5, 5.41) is 0.105. The molecule has 2 N–H and O–H groups in total. The molecule has 3 nitrogen and oxygen atoms in total. The molecule has 1 heterocycles. The first kappa shape index (κ1) is 12.0. The molecule has 0 bridgehead atoms. The molecular weight excluding hydrogens is 241 g/mol. The summed E-state index contributed by atoms with van der Waals surface area (Å²) < 4.78 is 13.0. The van der Waals surface area contributed by atoms with Gasteiger partial charge >= 0.3 is 0 Å². The van der Waals surface area contributed by atoms with Gasteiger partial charge in [-0.3, -0.25) is 9.97 Å². The summed E-state index contributed by atoms with van der Waals surface area (Å²) in [5.74, 6) is -0.427. The van der Waals surface area contributed by atoms with E-state index < -0.39 is 5.82 Å². The van der Waals surface area contributed by atoms with E-state index in [2.05, 4.69) is 9.97 Å². The van der Waals surface area contributed by atoms with Crippen molar-refractivity contribution in [2.45, 2.75) is 12.5 Å². The third-order valence-electron chi connectivity index (χ3n) is 2.40. The van der Waals surface area contributed by atoms with Gasteiger partial charge in [0.1, 0.15) is 5.82 Å². The van der Waals surface area contributed by atoms with Gasteiger partial charge in [0.2, 0.25) is 0 Å². The molecule has 2 aromatic rings. The van der Waals surface area contributed by atoms with Crippen LogP contribution in [-0.2, 0) is 6.42 Å². The van der Waals surface area contributed by atoms with Crippen molar-refractivity contribution < 1.29 is 4.39 Å². The average molecular weight is 252 g/mol. The predicted octanol–water partition coefficient (Wildman–Crippen LogP) is 2.51. The fourth-order valence-corrected chi connectivity index (χ4v) is 1.73. The van der Waals surface area contributed by atoms with Gasteiger partial charge in [-0.2, -0.15) is 0 Å². The molecular formula is C12H11ClFN3. The Morgan fingerprint density at radius 2 is 2.18 bits per heavy atom. The standard InChI is InChI=1S/C12H11ClFN3/c13-9-5-8(1-2-10(9)14)6-11(15)12-7-16-3-4-17-12/h1-5,7,11H,6,15H2. The molecule has 5 heteroatoms. The lowest BCUT2D eigenvalue weighted by Crippen LogP contribution is -2.15. The van der Waals surface area contributed by atoms with Crippen molar-refractivity contribution >= 4 is 11.6 Å². The molecule has 17 heavy (non-hydrogen) atoms. The Hall–Kier alpha value is -1.52. The smallest absolute Gasteiger partial charge is 0.141 e. The molecule has 0 fully saturated rings. The van der Waals surface area contributed by atoms with E-state index in [0.29, 0.717) is 12.1 Å². The SMILES string of the molecule is NC(Cc1ccc(F)c(Cl)c1)c1cnccn1. The van der Waals surface area contributed by atoms with Gasteiger partial charge in [0.15, 0.2) is 0 Å². The quantitative estimate of drug-likeness (QED) is 0.912. The maximum atomic E-state index is 13.0. The predicted molar refractivity (Wildman–Crippen MR) is 64.1 cm³/mol. The van der Waals surface area contributed by atoms with Crippen LogP contribution in [0.2, 0.25) is 5.02 Å². The average Bonchev–Trinajstić information content (AvgIpc) is 2.35. The largest absolute Gasteiger partial charge is 0.322 e. The van der Waals surface area contributed by atoms with Crippen LogP contribution >= 0.6 is 11.6 Å². The van der Waals surface area contributed by atoms with E-state index in [0.717, 1.165) is 5.56 Å². The van der Waals surface area contributed by atoms with E-state index in [4.69, 9.17) is 17.3 Å². The van der Waals surface area contributed by atoms with Gasteiger partial charge in [0, 0.05) is 18.6 Å². The third kappa shape index (κ3) is 2.99. The Bertz CT molecular complexity index is 504. The van der Waals surface area contributed by atoms with Gasteiger partial charge in [-0.1, -0.05) is 17.7 Å². The molecule has 0 aliphatic heterocycles. The van der Waals surface area contributed by atoms with Gasteiger partial charge in [0.05, 0.1) is 16.8 Å². The number of aromatic nitrogens is 2. The van der Waals surface area contributed by atoms with Crippen molar-refractivity contribution in [2.75, 3.05) is 0 Å². The lowest BCUT2D eigenvalue weighted by atomic mass is 10.0. The summed E-state index contributed by atoms with van der Waals surface area (Å²) in [6, 6.07) is 4.30. The molecule has 0 radical (unpaired) electrons. The van der Waals surface area contributed by atoms with Gasteiger partial charge in [-0.25, -0.2) is 4.39 Å². The van der Waals surface area contributed by atoms with E-state index in [1.165, 1.54) is 6.07 Å². The first-order chi connectivity index (χ1) is 8.16. The molecule has 0 aliphatic rings. The van der Waals surface area contributed by atoms with Crippen molar-refractivity contribution in [2.24, 2.45) is 5.73 Å². The molecule has 2 rings (SSSR count). The summed E-state index contributed by atoms with van der Waals surface area (Å²) in [7, 11) is 0. The van der Waals surface area contributed by atoms with Crippen LogP contribution in [0.5, 0.6) is 0 Å². The summed E-state index contributed by atoms with van der Waals surface area (Å²) in [5.41, 5.74) is 7.55. The Kier molecular flexibility index (Phi) is 3.66. The summed E-state index contributed by atoms with van der Waals surface area (Å²) in [6.07, 6.45) is 5.34. The fourth-order valence-electron chi connectivity index (χ4n) is 1.53. The number of nitrogens with two attached hydrogens (primary N) is 1. The highest BCUT2D eigenvalue weighted by Crippen LogP contribution is 2.19. The highest BCUT2D eigenvalue weighted by atomic mass is 35.5. The van der Waals surface area contributed by atoms with Gasteiger partial charge in [-0.05, 0) is 24.1 Å². The molecule has 1 aromatic heterocycles. The molecule has 88 valence electrons. The second-order valence-electron chi connectivity index (χ2n) is 3.69. The zero-order valence-electron chi connectivity index (χ0n) is 8.98. The topological polar surface area (TPSA) is 51.8 Å². The Morgan fingerprint density at radius 3 is 2.82 bits per heavy atom. The highest BCUT2D eigenvalue weighted by Gasteiger charge is 2.09. The Balaban J connectivity index is 2.13. The van der Waals surface area contributed by atoms with Gasteiger partial charge < -0.3 is 5.73 Å². The van der Waals surface area contributed by atoms with Crippen molar-refractivity contribution in [3.63, 3.8) is 0 Å². The van der Waals surface area contributed by atoms with E-state index in [1.807, 2.05) is 0 Å². The van der Waals surface area contributed by atoms with E-state index in [-0.39, 0.29) is 11.1 Å². The zero-order chi connectivity index (χ0) is 12.3. The van der Waals surface area contributed by atoms with Crippen LogP contribution in [0.1, 0.15) is 17.3 Å². The summed E-state index contributed by atoms with van der Waals surface area (Å²) in [6.45, 7) is 0. The molecule has 0 aliphatic carbocycles. The van der Waals surface area contributed by atoms with E-state index >= 15 is 0 Å². The number of hydrogen-bond donors (Lipinski definition) is 1. The first-order valence-corrected chi connectivity index (χ1v) is 5.50. The number of rotatable bonds is 3. The lowest BCUT2D eigenvalue weighted by Gasteiger charge is -2.10. The zero-order valence-corrected chi connectivity index (χ0v) is 9.73. The van der Waals surface area contributed by atoms with Gasteiger partial charge in [0.25, 0.3) is 0 Å². The van der Waals surface area contributed by atoms with Crippen molar-refractivity contribution in [1.82, 2.24) is 9.97 Å². The molecule has 1 unspecified atom stereocenters. The monoisotopic (exact) mass is 251 g/mol. The third-order valence-corrected chi connectivity index (χ3v) is 2.69. The first-order valence-electron chi connectivity index (χ1n) is 5.12.